The van der Waals surface area contributed by atoms with E-state index in [1.165, 1.54) is 0 Å². The molecule has 0 radical (unpaired) electrons. The van der Waals surface area contributed by atoms with Gasteiger partial charge in [-0.15, -0.1) is 0 Å². The van der Waals surface area contributed by atoms with E-state index in [-0.39, 0.29) is 65.3 Å². The Hall–Kier alpha value is -2.32. The van der Waals surface area contributed by atoms with Crippen molar-refractivity contribution in [3.05, 3.63) is 0 Å². The van der Waals surface area contributed by atoms with Crippen LogP contribution in [0.1, 0.15) is 120 Å². The summed E-state index contributed by atoms with van der Waals surface area (Å²) in [4.78, 5) is 54.6. The molecule has 9 heteroatoms. The first-order chi connectivity index (χ1) is 19.8. The summed E-state index contributed by atoms with van der Waals surface area (Å²) in [5.74, 6) is 0.0750. The molecule has 2 saturated heterocycles. The zero-order valence-corrected chi connectivity index (χ0v) is 28.4. The fraction of sp³-hybridized carbons (Fsp3) is 0.882. The molecule has 0 aromatic carbocycles. The van der Waals surface area contributed by atoms with Gasteiger partial charge in [0.1, 0.15) is 19.8 Å². The van der Waals surface area contributed by atoms with E-state index in [0.29, 0.717) is 38.8 Å². The van der Waals surface area contributed by atoms with Crippen LogP contribution in [0.25, 0.3) is 0 Å². The van der Waals surface area contributed by atoms with Gasteiger partial charge in [0.05, 0.1) is 12.0 Å². The van der Waals surface area contributed by atoms with Crippen molar-refractivity contribution in [2.24, 2.45) is 27.1 Å². The summed E-state index contributed by atoms with van der Waals surface area (Å²) in [5.41, 5.74) is -1.45. The van der Waals surface area contributed by atoms with E-state index < -0.39 is 11.6 Å². The smallest absolute Gasteiger partial charge is 0.462 e. The maximum Gasteiger partial charge on any atom is 0.508 e. The average Bonchev–Trinajstić information content (AvgIpc) is 3.39. The largest absolute Gasteiger partial charge is 0.508 e. The van der Waals surface area contributed by atoms with Crippen molar-refractivity contribution in [1.29, 1.82) is 0 Å². The quantitative estimate of drug-likeness (QED) is 0.188. The molecular formula is C34H58N2O7. The second-order valence-corrected chi connectivity index (χ2v) is 16.3. The summed E-state index contributed by atoms with van der Waals surface area (Å²) >= 11 is 0. The predicted octanol–water partition coefficient (Wildman–Crippen LogP) is 6.37. The monoisotopic (exact) mass is 606 g/mol. The lowest BCUT2D eigenvalue weighted by Crippen LogP contribution is -2.51. The molecule has 0 spiro atoms. The standard InChI is InChI=1S/C34H58N2O7/c1-30(2,3)23-34(28(39)41-20-21-43-29(40)42-19-18-35-16-13-15-26(35)37)24-33(34,9)32(7,8)22-25(31(4,5)6)36-17-12-10-11-14-27(36)38/h25H,10-24H2,1-9H3. The number of carbonyl (C=O) groups excluding carboxylic acids is 4. The maximum atomic E-state index is 13.8. The molecule has 2 heterocycles. The Labute approximate surface area is 259 Å². The van der Waals surface area contributed by atoms with Crippen LogP contribution in [0.4, 0.5) is 4.79 Å². The van der Waals surface area contributed by atoms with E-state index in [4.69, 9.17) is 14.2 Å². The normalized spacial score (nSPS) is 25.8. The average molecular weight is 607 g/mol. The Bertz CT molecular complexity index is 1030. The third kappa shape index (κ3) is 8.44. The molecular weight excluding hydrogens is 548 g/mol. The Morgan fingerprint density at radius 2 is 1.44 bits per heavy atom. The van der Waals surface area contributed by atoms with Gasteiger partial charge in [0.15, 0.2) is 0 Å². The molecule has 1 saturated carbocycles. The highest BCUT2D eigenvalue weighted by atomic mass is 16.7. The highest BCUT2D eigenvalue weighted by Gasteiger charge is 2.75. The Morgan fingerprint density at radius 1 is 0.814 bits per heavy atom. The SMILES string of the molecule is CC(C)(C)CC1(C(=O)OCCOC(=O)OCCN2CCCC2=O)CC1(C)C(C)(C)CC(N1CCCCCC1=O)C(C)(C)C. The van der Waals surface area contributed by atoms with Crippen LogP contribution in [-0.4, -0.2) is 79.2 Å². The number of esters is 1. The Kier molecular flexibility index (Phi) is 10.9. The lowest BCUT2D eigenvalue weighted by molar-refractivity contribution is -0.156. The molecule has 3 unspecified atom stereocenters. The summed E-state index contributed by atoms with van der Waals surface area (Å²) in [6.45, 7) is 21.6. The van der Waals surface area contributed by atoms with Crippen LogP contribution < -0.4 is 0 Å². The van der Waals surface area contributed by atoms with Crippen molar-refractivity contribution in [2.45, 2.75) is 126 Å². The van der Waals surface area contributed by atoms with E-state index in [1.807, 2.05) is 0 Å². The van der Waals surface area contributed by atoms with Crippen LogP contribution in [0, 0.1) is 27.1 Å². The van der Waals surface area contributed by atoms with Crippen molar-refractivity contribution in [3.63, 3.8) is 0 Å². The van der Waals surface area contributed by atoms with Crippen LogP contribution in [0.3, 0.4) is 0 Å². The van der Waals surface area contributed by atoms with Crippen molar-refractivity contribution < 1.29 is 33.4 Å². The molecule has 2 aliphatic heterocycles. The topological polar surface area (TPSA) is 102 Å². The minimum atomic E-state index is -0.833. The number of likely N-dealkylation sites (tertiary alicyclic amines) is 2. The molecule has 3 atom stereocenters. The van der Waals surface area contributed by atoms with Crippen LogP contribution in [-0.2, 0) is 28.6 Å². The van der Waals surface area contributed by atoms with E-state index in [2.05, 4.69) is 67.2 Å². The zero-order valence-electron chi connectivity index (χ0n) is 28.4. The van der Waals surface area contributed by atoms with Gasteiger partial charge in [-0.1, -0.05) is 68.7 Å². The predicted molar refractivity (Wildman–Crippen MR) is 165 cm³/mol. The molecule has 9 nitrogen and oxygen atoms in total. The van der Waals surface area contributed by atoms with Gasteiger partial charge in [0.2, 0.25) is 11.8 Å². The molecule has 43 heavy (non-hydrogen) atoms. The lowest BCUT2D eigenvalue weighted by atomic mass is 9.63. The van der Waals surface area contributed by atoms with E-state index in [1.54, 1.807) is 4.90 Å². The first-order valence-corrected chi connectivity index (χ1v) is 16.4. The Morgan fingerprint density at radius 3 is 2.05 bits per heavy atom. The minimum Gasteiger partial charge on any atom is -0.462 e. The van der Waals surface area contributed by atoms with Gasteiger partial charge in [0, 0.05) is 32.0 Å². The van der Waals surface area contributed by atoms with Gasteiger partial charge >= 0.3 is 12.1 Å². The molecule has 1 aliphatic carbocycles. The number of hydrogen-bond acceptors (Lipinski definition) is 7. The summed E-state index contributed by atoms with van der Waals surface area (Å²) in [6.07, 6.45) is 6.41. The van der Waals surface area contributed by atoms with E-state index in [9.17, 15) is 19.2 Å². The fourth-order valence-corrected chi connectivity index (χ4v) is 7.52. The van der Waals surface area contributed by atoms with Crippen molar-refractivity contribution >= 4 is 23.9 Å². The van der Waals surface area contributed by atoms with Gasteiger partial charge in [0.25, 0.3) is 0 Å². The second kappa shape index (κ2) is 13.4. The molecule has 2 amide bonds. The lowest BCUT2D eigenvalue weighted by Gasteiger charge is -2.47. The van der Waals surface area contributed by atoms with Crippen molar-refractivity contribution in [1.82, 2.24) is 9.80 Å². The molecule has 3 rings (SSSR count). The first-order valence-electron chi connectivity index (χ1n) is 16.4. The molecule has 0 aromatic heterocycles. The highest BCUT2D eigenvalue weighted by Crippen LogP contribution is 2.76. The molecule has 0 N–H and O–H groups in total. The van der Waals surface area contributed by atoms with Gasteiger partial charge in [-0.05, 0) is 60.2 Å². The van der Waals surface area contributed by atoms with Crippen molar-refractivity contribution in [3.8, 4) is 0 Å². The molecule has 0 bridgehead atoms. The third-order valence-corrected chi connectivity index (χ3v) is 10.3. The number of ether oxygens (including phenoxy) is 3. The summed E-state index contributed by atoms with van der Waals surface area (Å²) in [5, 5.41) is 0. The van der Waals surface area contributed by atoms with Gasteiger partial charge in [-0.3, -0.25) is 14.4 Å². The van der Waals surface area contributed by atoms with E-state index in [0.717, 1.165) is 38.6 Å². The number of rotatable bonds is 12. The molecule has 246 valence electrons. The summed E-state index contributed by atoms with van der Waals surface area (Å²) < 4.78 is 16.0. The fourth-order valence-electron chi connectivity index (χ4n) is 7.52. The number of carbonyl (C=O) groups is 4. The summed E-state index contributed by atoms with van der Waals surface area (Å²) in [7, 11) is 0. The van der Waals surface area contributed by atoms with Gasteiger partial charge < -0.3 is 24.0 Å². The zero-order chi connectivity index (χ0) is 32.3. The van der Waals surface area contributed by atoms with Crippen LogP contribution in [0.5, 0.6) is 0 Å². The van der Waals surface area contributed by atoms with Crippen LogP contribution >= 0.6 is 0 Å². The number of amides is 2. The van der Waals surface area contributed by atoms with Gasteiger partial charge in [-0.25, -0.2) is 4.79 Å². The number of nitrogens with zero attached hydrogens (tertiary/aromatic N) is 2. The highest BCUT2D eigenvalue weighted by molar-refractivity contribution is 5.82. The molecule has 0 aromatic rings. The Balaban J connectivity index is 1.63. The third-order valence-electron chi connectivity index (χ3n) is 10.3. The van der Waals surface area contributed by atoms with Gasteiger partial charge in [-0.2, -0.15) is 0 Å². The van der Waals surface area contributed by atoms with Crippen molar-refractivity contribution in [2.75, 3.05) is 39.5 Å². The van der Waals surface area contributed by atoms with E-state index >= 15 is 0 Å². The second-order valence-electron chi connectivity index (χ2n) is 16.3. The molecule has 3 aliphatic rings. The van der Waals surface area contributed by atoms with Crippen LogP contribution in [0.15, 0.2) is 0 Å². The van der Waals surface area contributed by atoms with Crippen LogP contribution in [0.2, 0.25) is 0 Å². The maximum absolute atomic E-state index is 13.8. The minimum absolute atomic E-state index is 0.0478. The molecule has 3 fully saturated rings. The number of hydrogen-bond donors (Lipinski definition) is 0. The summed E-state index contributed by atoms with van der Waals surface area (Å²) in [6, 6.07) is 0.0666. The first kappa shape index (κ1) is 35.2.